The highest BCUT2D eigenvalue weighted by Crippen LogP contribution is 2.34. The fraction of sp³-hybridized carbons (Fsp3) is 0.500. The summed E-state index contributed by atoms with van der Waals surface area (Å²) in [5.41, 5.74) is 2.69. The van der Waals surface area contributed by atoms with Crippen molar-refractivity contribution in [1.82, 2.24) is 9.80 Å². The number of hydrogen-bond donors (Lipinski definition) is 0. The largest absolute Gasteiger partial charge is 0.353 e. The maximum absolute atomic E-state index is 12.6. The van der Waals surface area contributed by atoms with Crippen molar-refractivity contribution in [1.29, 1.82) is 0 Å². The van der Waals surface area contributed by atoms with Crippen molar-refractivity contribution in [2.24, 2.45) is 4.40 Å². The van der Waals surface area contributed by atoms with Crippen LogP contribution in [0.3, 0.4) is 0 Å². The number of sulfonamides is 1. The monoisotopic (exact) mass is 347 g/mol. The lowest BCUT2D eigenvalue weighted by Crippen LogP contribution is -2.47. The lowest BCUT2D eigenvalue weighted by molar-refractivity contribution is 0.216. The van der Waals surface area contributed by atoms with Crippen LogP contribution in [0.1, 0.15) is 37.8 Å². The molecule has 0 aliphatic carbocycles. The molecule has 0 amide bonds. The SMILES string of the molecule is CC1=C(c2ccc(C(C)C)cc2)S(=O)(=O)N=C1N1CCN(C)CC1. The van der Waals surface area contributed by atoms with Gasteiger partial charge in [0.05, 0.1) is 0 Å². The third-order valence-corrected chi connectivity index (χ3v) is 6.25. The van der Waals surface area contributed by atoms with Gasteiger partial charge in [-0.15, -0.1) is 4.40 Å². The van der Waals surface area contributed by atoms with Crippen LogP contribution in [0.5, 0.6) is 0 Å². The van der Waals surface area contributed by atoms with Crippen LogP contribution in [0.15, 0.2) is 34.2 Å². The van der Waals surface area contributed by atoms with Crippen molar-refractivity contribution >= 4 is 20.8 Å². The zero-order valence-corrected chi connectivity index (χ0v) is 15.6. The van der Waals surface area contributed by atoms with Gasteiger partial charge >= 0.3 is 0 Å². The van der Waals surface area contributed by atoms with Gasteiger partial charge in [0.2, 0.25) is 0 Å². The number of piperazine rings is 1. The predicted molar refractivity (Wildman–Crippen MR) is 98.5 cm³/mol. The average molecular weight is 347 g/mol. The van der Waals surface area contributed by atoms with Crippen LogP contribution in [0.25, 0.3) is 4.91 Å². The first kappa shape index (κ1) is 17.2. The van der Waals surface area contributed by atoms with E-state index < -0.39 is 10.0 Å². The van der Waals surface area contributed by atoms with E-state index in [1.54, 1.807) is 0 Å². The van der Waals surface area contributed by atoms with Gasteiger partial charge in [-0.05, 0) is 31.0 Å². The Bertz CT molecular complexity index is 784. The fourth-order valence-electron chi connectivity index (χ4n) is 3.22. The van der Waals surface area contributed by atoms with Gasteiger partial charge in [0.15, 0.2) is 0 Å². The maximum Gasteiger partial charge on any atom is 0.285 e. The van der Waals surface area contributed by atoms with E-state index >= 15 is 0 Å². The van der Waals surface area contributed by atoms with Crippen LogP contribution in [0.2, 0.25) is 0 Å². The summed E-state index contributed by atoms with van der Waals surface area (Å²) in [5.74, 6) is 1.04. The first-order valence-electron chi connectivity index (χ1n) is 8.39. The quantitative estimate of drug-likeness (QED) is 0.825. The van der Waals surface area contributed by atoms with Crippen molar-refractivity contribution in [3.63, 3.8) is 0 Å². The van der Waals surface area contributed by atoms with Gasteiger partial charge < -0.3 is 9.80 Å². The molecule has 130 valence electrons. The zero-order valence-electron chi connectivity index (χ0n) is 14.8. The molecule has 1 aromatic rings. The van der Waals surface area contributed by atoms with Gasteiger partial charge in [0, 0.05) is 31.8 Å². The predicted octanol–water partition coefficient (Wildman–Crippen LogP) is 2.53. The smallest absolute Gasteiger partial charge is 0.285 e. The second-order valence-electron chi connectivity index (χ2n) is 6.91. The van der Waals surface area contributed by atoms with Crippen molar-refractivity contribution in [2.45, 2.75) is 26.7 Å². The zero-order chi connectivity index (χ0) is 17.5. The highest BCUT2D eigenvalue weighted by atomic mass is 32.2. The molecule has 0 bridgehead atoms. The van der Waals surface area contributed by atoms with E-state index in [1.165, 1.54) is 5.56 Å². The molecule has 24 heavy (non-hydrogen) atoms. The van der Waals surface area contributed by atoms with E-state index in [0.717, 1.165) is 37.3 Å². The van der Waals surface area contributed by atoms with Crippen molar-refractivity contribution in [3.8, 4) is 0 Å². The molecule has 0 radical (unpaired) electrons. The summed E-state index contributed by atoms with van der Waals surface area (Å²) in [6.07, 6.45) is 0. The van der Waals surface area contributed by atoms with Gasteiger partial charge in [-0.2, -0.15) is 8.42 Å². The minimum atomic E-state index is -3.62. The van der Waals surface area contributed by atoms with E-state index in [4.69, 9.17) is 0 Å². The molecular weight excluding hydrogens is 322 g/mol. The topological polar surface area (TPSA) is 53.0 Å². The summed E-state index contributed by atoms with van der Waals surface area (Å²) >= 11 is 0. The Kier molecular flexibility index (Phi) is 4.53. The van der Waals surface area contributed by atoms with Gasteiger partial charge in [-0.3, -0.25) is 0 Å². The molecule has 1 fully saturated rings. The van der Waals surface area contributed by atoms with Gasteiger partial charge in [0.25, 0.3) is 10.0 Å². The maximum atomic E-state index is 12.6. The lowest BCUT2D eigenvalue weighted by Gasteiger charge is -2.33. The van der Waals surface area contributed by atoms with Crippen LogP contribution in [0, 0.1) is 0 Å². The Labute approximate surface area is 144 Å². The van der Waals surface area contributed by atoms with Crippen LogP contribution in [-0.2, 0) is 10.0 Å². The van der Waals surface area contributed by atoms with Crippen LogP contribution in [-0.4, -0.2) is 57.3 Å². The summed E-state index contributed by atoms with van der Waals surface area (Å²) in [7, 11) is -1.54. The van der Waals surface area contributed by atoms with Gasteiger partial charge in [-0.1, -0.05) is 38.1 Å². The molecule has 0 spiro atoms. The second kappa shape index (κ2) is 6.33. The molecule has 3 rings (SSSR count). The molecule has 2 aliphatic rings. The third-order valence-electron chi connectivity index (χ3n) is 4.78. The Morgan fingerprint density at radius 1 is 1.04 bits per heavy atom. The molecule has 0 unspecified atom stereocenters. The molecule has 5 nitrogen and oxygen atoms in total. The summed E-state index contributed by atoms with van der Waals surface area (Å²) in [6.45, 7) is 9.58. The molecule has 0 atom stereocenters. The number of amidine groups is 1. The highest BCUT2D eigenvalue weighted by Gasteiger charge is 2.34. The number of likely N-dealkylation sites (N-methyl/N-ethyl adjacent to an activating group) is 1. The molecule has 2 aliphatic heterocycles. The van der Waals surface area contributed by atoms with E-state index in [2.05, 4.69) is 35.1 Å². The Balaban J connectivity index is 1.95. The number of rotatable bonds is 2. The van der Waals surface area contributed by atoms with Crippen molar-refractivity contribution in [2.75, 3.05) is 33.2 Å². The number of nitrogens with zero attached hydrogens (tertiary/aromatic N) is 3. The fourth-order valence-corrected chi connectivity index (χ4v) is 4.70. The molecular formula is C18H25N3O2S. The first-order chi connectivity index (χ1) is 11.3. The minimum Gasteiger partial charge on any atom is -0.353 e. The van der Waals surface area contributed by atoms with Crippen molar-refractivity contribution < 1.29 is 8.42 Å². The van der Waals surface area contributed by atoms with Crippen LogP contribution < -0.4 is 0 Å². The van der Waals surface area contributed by atoms with Gasteiger partial charge in [0.1, 0.15) is 10.7 Å². The standard InChI is InChI=1S/C18H25N3O2S/c1-13(2)15-5-7-16(8-6-15)17-14(3)18(19-24(17,22)23)21-11-9-20(4)10-12-21/h5-8,13H,9-12H2,1-4H3. The highest BCUT2D eigenvalue weighted by molar-refractivity contribution is 8.00. The van der Waals surface area contributed by atoms with E-state index in [1.807, 2.05) is 31.2 Å². The Morgan fingerprint density at radius 3 is 2.17 bits per heavy atom. The number of benzene rings is 1. The van der Waals surface area contributed by atoms with Crippen LogP contribution in [0.4, 0.5) is 0 Å². The average Bonchev–Trinajstić information content (AvgIpc) is 2.78. The molecule has 1 aromatic carbocycles. The molecule has 1 saturated heterocycles. The molecule has 2 heterocycles. The van der Waals surface area contributed by atoms with Gasteiger partial charge in [-0.25, -0.2) is 0 Å². The molecule has 0 saturated carbocycles. The second-order valence-corrected chi connectivity index (χ2v) is 8.45. The number of hydrogen-bond acceptors (Lipinski definition) is 4. The Morgan fingerprint density at radius 2 is 1.62 bits per heavy atom. The Hall–Kier alpha value is -1.66. The van der Waals surface area contributed by atoms with E-state index in [-0.39, 0.29) is 0 Å². The lowest BCUT2D eigenvalue weighted by atomic mass is 10.0. The van der Waals surface area contributed by atoms with E-state index in [9.17, 15) is 8.42 Å². The third kappa shape index (κ3) is 3.13. The molecule has 0 N–H and O–H groups in total. The van der Waals surface area contributed by atoms with E-state index in [0.29, 0.717) is 16.7 Å². The molecule has 0 aromatic heterocycles. The summed E-state index contributed by atoms with van der Waals surface area (Å²) in [6, 6.07) is 7.80. The summed E-state index contributed by atoms with van der Waals surface area (Å²) < 4.78 is 29.3. The first-order valence-corrected chi connectivity index (χ1v) is 9.83. The minimum absolute atomic E-state index is 0.353. The normalized spacial score (nSPS) is 21.5. The molecule has 6 heteroatoms. The van der Waals surface area contributed by atoms with Crippen molar-refractivity contribution in [3.05, 3.63) is 41.0 Å². The summed E-state index contributed by atoms with van der Waals surface area (Å²) in [5, 5.41) is 0. The van der Waals surface area contributed by atoms with Crippen LogP contribution >= 0.6 is 0 Å². The summed E-state index contributed by atoms with van der Waals surface area (Å²) in [4.78, 5) is 4.68.